The van der Waals surface area contributed by atoms with Gasteiger partial charge in [0.1, 0.15) is 10.6 Å². The van der Waals surface area contributed by atoms with Gasteiger partial charge < -0.3 is 9.47 Å². The van der Waals surface area contributed by atoms with E-state index in [4.69, 9.17) is 9.47 Å². The maximum atomic E-state index is 13.1. The Hall–Kier alpha value is -1.60. The predicted molar refractivity (Wildman–Crippen MR) is 95.2 cm³/mol. The second-order valence-electron chi connectivity index (χ2n) is 6.25. The molecule has 1 saturated heterocycles. The van der Waals surface area contributed by atoms with Gasteiger partial charge in [0.15, 0.2) is 0 Å². The van der Waals surface area contributed by atoms with E-state index in [0.717, 1.165) is 11.1 Å². The number of rotatable bonds is 6. The van der Waals surface area contributed by atoms with Crippen LogP contribution in [-0.4, -0.2) is 45.0 Å². The van der Waals surface area contributed by atoms with Crippen molar-refractivity contribution in [3.63, 3.8) is 0 Å². The number of sulfonamides is 1. The molecule has 25 heavy (non-hydrogen) atoms. The normalized spacial score (nSPS) is 16.6. The summed E-state index contributed by atoms with van der Waals surface area (Å²) in [7, 11) is -3.66. The Morgan fingerprint density at radius 3 is 2.28 bits per heavy atom. The van der Waals surface area contributed by atoms with Gasteiger partial charge in [0.2, 0.25) is 10.0 Å². The van der Waals surface area contributed by atoms with E-state index in [9.17, 15) is 13.2 Å². The van der Waals surface area contributed by atoms with E-state index in [-0.39, 0.29) is 16.8 Å². The molecule has 0 atom stereocenters. The van der Waals surface area contributed by atoms with Crippen LogP contribution in [0.2, 0.25) is 0 Å². The molecule has 0 saturated carbocycles. The van der Waals surface area contributed by atoms with E-state index < -0.39 is 10.0 Å². The van der Waals surface area contributed by atoms with Crippen molar-refractivity contribution in [3.05, 3.63) is 23.3 Å². The predicted octanol–water partition coefficient (Wildman–Crippen LogP) is 2.67. The van der Waals surface area contributed by atoms with Gasteiger partial charge in [0, 0.05) is 13.1 Å². The van der Waals surface area contributed by atoms with E-state index in [2.05, 4.69) is 0 Å². The van der Waals surface area contributed by atoms with Crippen LogP contribution >= 0.6 is 0 Å². The molecular weight excluding hydrogens is 342 g/mol. The summed E-state index contributed by atoms with van der Waals surface area (Å²) in [5.74, 6) is -0.0728. The number of hydrogen-bond donors (Lipinski definition) is 0. The van der Waals surface area contributed by atoms with Gasteiger partial charge in [-0.1, -0.05) is 0 Å². The third kappa shape index (κ3) is 4.33. The number of piperidine rings is 1. The molecule has 6 nitrogen and oxygen atoms in total. The third-order valence-electron chi connectivity index (χ3n) is 4.55. The topological polar surface area (TPSA) is 72.9 Å². The number of nitrogens with zero attached hydrogens (tertiary/aromatic N) is 1. The fraction of sp³-hybridized carbons (Fsp3) is 0.611. The minimum absolute atomic E-state index is 0.201. The van der Waals surface area contributed by atoms with Crippen LogP contribution in [0.3, 0.4) is 0 Å². The highest BCUT2D eigenvalue weighted by atomic mass is 32.2. The van der Waals surface area contributed by atoms with Gasteiger partial charge >= 0.3 is 5.97 Å². The third-order valence-corrected chi connectivity index (χ3v) is 6.47. The minimum Gasteiger partial charge on any atom is -0.492 e. The monoisotopic (exact) mass is 369 g/mol. The molecule has 1 heterocycles. The molecule has 1 aliphatic rings. The number of esters is 1. The molecule has 0 aliphatic carbocycles. The zero-order chi connectivity index (χ0) is 18.6. The van der Waals surface area contributed by atoms with Crippen LogP contribution in [0.1, 0.15) is 37.8 Å². The molecule has 7 heteroatoms. The van der Waals surface area contributed by atoms with Crippen LogP contribution in [-0.2, 0) is 19.6 Å². The summed E-state index contributed by atoms with van der Waals surface area (Å²) >= 11 is 0. The maximum Gasteiger partial charge on any atom is 0.309 e. The first-order valence-corrected chi connectivity index (χ1v) is 10.2. The quantitative estimate of drug-likeness (QED) is 0.721. The van der Waals surface area contributed by atoms with E-state index >= 15 is 0 Å². The van der Waals surface area contributed by atoms with Crippen molar-refractivity contribution in [2.75, 3.05) is 26.3 Å². The summed E-state index contributed by atoms with van der Waals surface area (Å²) in [6, 6.07) is 3.45. The van der Waals surface area contributed by atoms with Crippen LogP contribution < -0.4 is 4.74 Å². The first-order valence-electron chi connectivity index (χ1n) is 8.72. The number of carbonyl (C=O) groups excluding carboxylic acids is 1. The molecule has 0 N–H and O–H groups in total. The number of aryl methyl sites for hydroxylation is 2. The Bertz CT molecular complexity index is 721. The number of benzene rings is 1. The average molecular weight is 369 g/mol. The van der Waals surface area contributed by atoms with Crippen LogP contribution in [0.5, 0.6) is 5.75 Å². The lowest BCUT2D eigenvalue weighted by atomic mass is 9.98. The highest BCUT2D eigenvalue weighted by Gasteiger charge is 2.34. The first kappa shape index (κ1) is 19.7. The van der Waals surface area contributed by atoms with Gasteiger partial charge in [-0.2, -0.15) is 4.31 Å². The molecule has 1 aromatic rings. The molecule has 0 bridgehead atoms. The summed E-state index contributed by atoms with van der Waals surface area (Å²) in [5.41, 5.74) is 1.90. The van der Waals surface area contributed by atoms with Gasteiger partial charge in [-0.15, -0.1) is 0 Å². The lowest BCUT2D eigenvalue weighted by molar-refractivity contribution is -0.149. The van der Waals surface area contributed by atoms with Crippen molar-refractivity contribution in [1.82, 2.24) is 4.31 Å². The maximum absolute atomic E-state index is 13.1. The molecule has 140 valence electrons. The molecule has 0 unspecified atom stereocenters. The number of ether oxygens (including phenoxy) is 2. The summed E-state index contributed by atoms with van der Waals surface area (Å²) in [6.45, 7) is 8.78. The Labute approximate surface area is 150 Å². The minimum atomic E-state index is -3.66. The van der Waals surface area contributed by atoms with Crippen LogP contribution in [0.4, 0.5) is 0 Å². The molecular formula is C18H27NO5S. The van der Waals surface area contributed by atoms with Crippen molar-refractivity contribution in [1.29, 1.82) is 0 Å². The molecule has 0 radical (unpaired) electrons. The molecule has 2 rings (SSSR count). The molecule has 1 fully saturated rings. The standard InChI is InChI=1S/C18H27NO5S/c1-5-23-16-11-13(3)14(4)12-17(16)25(21,22)19-9-7-15(8-10-19)18(20)24-6-2/h11-12,15H,5-10H2,1-4H3. The Morgan fingerprint density at radius 1 is 1.12 bits per heavy atom. The van der Waals surface area contributed by atoms with Crippen LogP contribution in [0, 0.1) is 19.8 Å². The van der Waals surface area contributed by atoms with Crippen LogP contribution in [0.25, 0.3) is 0 Å². The van der Waals surface area contributed by atoms with E-state index in [1.807, 2.05) is 20.8 Å². The zero-order valence-corrected chi connectivity index (χ0v) is 16.2. The first-order chi connectivity index (χ1) is 11.8. The fourth-order valence-corrected chi connectivity index (χ4v) is 4.63. The van der Waals surface area contributed by atoms with Gasteiger partial charge in [-0.3, -0.25) is 4.79 Å². The van der Waals surface area contributed by atoms with Gasteiger partial charge in [0.25, 0.3) is 0 Å². The molecule has 0 spiro atoms. The lowest BCUT2D eigenvalue weighted by Gasteiger charge is -2.30. The highest BCUT2D eigenvalue weighted by molar-refractivity contribution is 7.89. The number of hydrogen-bond acceptors (Lipinski definition) is 5. The average Bonchev–Trinajstić information content (AvgIpc) is 2.58. The second kappa shape index (κ2) is 8.19. The Kier molecular flexibility index (Phi) is 6.46. The summed E-state index contributed by atoms with van der Waals surface area (Å²) in [5, 5.41) is 0. The molecule has 0 amide bonds. The lowest BCUT2D eigenvalue weighted by Crippen LogP contribution is -2.40. The van der Waals surface area contributed by atoms with E-state index in [1.165, 1.54) is 4.31 Å². The van der Waals surface area contributed by atoms with Gasteiger partial charge in [-0.25, -0.2) is 8.42 Å². The summed E-state index contributed by atoms with van der Waals surface area (Å²) < 4.78 is 38.2. The van der Waals surface area contributed by atoms with Crippen LogP contribution in [0.15, 0.2) is 17.0 Å². The summed E-state index contributed by atoms with van der Waals surface area (Å²) in [4.78, 5) is 12.0. The molecule has 1 aromatic carbocycles. The van der Waals surface area contributed by atoms with E-state index in [1.54, 1.807) is 19.1 Å². The van der Waals surface area contributed by atoms with Crippen molar-refractivity contribution in [2.24, 2.45) is 5.92 Å². The zero-order valence-electron chi connectivity index (χ0n) is 15.4. The van der Waals surface area contributed by atoms with Gasteiger partial charge in [-0.05, 0) is 63.8 Å². The smallest absolute Gasteiger partial charge is 0.309 e. The highest BCUT2D eigenvalue weighted by Crippen LogP contribution is 2.32. The molecule has 0 aromatic heterocycles. The second-order valence-corrected chi connectivity index (χ2v) is 8.15. The van der Waals surface area contributed by atoms with Gasteiger partial charge in [0.05, 0.1) is 19.1 Å². The fourth-order valence-electron chi connectivity index (χ4n) is 2.96. The largest absolute Gasteiger partial charge is 0.492 e. The Morgan fingerprint density at radius 2 is 1.72 bits per heavy atom. The number of carbonyl (C=O) groups is 1. The van der Waals surface area contributed by atoms with Crippen molar-refractivity contribution >= 4 is 16.0 Å². The van der Waals surface area contributed by atoms with Crippen molar-refractivity contribution in [2.45, 2.75) is 45.4 Å². The Balaban J connectivity index is 2.23. The molecule has 1 aliphatic heterocycles. The SMILES string of the molecule is CCOC(=O)C1CCN(S(=O)(=O)c2cc(C)c(C)cc2OCC)CC1. The van der Waals surface area contributed by atoms with Crippen molar-refractivity contribution in [3.8, 4) is 5.75 Å². The van der Waals surface area contributed by atoms with E-state index in [0.29, 0.717) is 44.9 Å². The summed E-state index contributed by atoms with van der Waals surface area (Å²) in [6.07, 6.45) is 0.958. The van der Waals surface area contributed by atoms with Crippen molar-refractivity contribution < 1.29 is 22.7 Å².